The van der Waals surface area contributed by atoms with Crippen molar-refractivity contribution < 1.29 is 32.5 Å². The van der Waals surface area contributed by atoms with Crippen molar-refractivity contribution in [3.8, 4) is 11.5 Å². The van der Waals surface area contributed by atoms with E-state index in [0.29, 0.717) is 36.0 Å². The van der Waals surface area contributed by atoms with E-state index in [2.05, 4.69) is 20.3 Å². The van der Waals surface area contributed by atoms with Crippen molar-refractivity contribution in [1.29, 1.82) is 0 Å². The molecule has 5 aromatic rings. The largest absolute Gasteiger partial charge is 0.497 e. The first-order valence-corrected chi connectivity index (χ1v) is 15.7. The van der Waals surface area contributed by atoms with Crippen molar-refractivity contribution in [2.24, 2.45) is 0 Å². The molecule has 2 aromatic carbocycles. The standard InChI is InChI=1S/C35H35F2N5O5/c1-19-24-12-14-42(32(24)40-18-39-19)33-29-35(47-34(2,3)46-29)13-11-27(28(35)45-33)44-23-10-7-21-15-25(30(36)37)31(41-26(21)16-23)38-17-20-5-8-22(43-4)9-6-20/h5-10,12,14-16,18,27-30,33H,11,13,17H2,1-4H3,(H,38,41)/t27-,28+,29-,33+,35+/m0/s1. The molecular weight excluding hydrogens is 608 g/mol. The van der Waals surface area contributed by atoms with Crippen LogP contribution in [-0.4, -0.2) is 56.3 Å². The van der Waals surface area contributed by atoms with Crippen LogP contribution in [0.5, 0.6) is 11.5 Å². The number of methoxy groups -OCH3 is 1. The molecule has 0 amide bonds. The normalized spacial score (nSPS) is 26.2. The van der Waals surface area contributed by atoms with Crippen LogP contribution in [0.4, 0.5) is 14.6 Å². The number of benzene rings is 2. The third-order valence-electron chi connectivity index (χ3n) is 9.45. The number of nitrogens with zero attached hydrogens (tertiary/aromatic N) is 4. The van der Waals surface area contributed by atoms with Gasteiger partial charge in [0.25, 0.3) is 6.43 Å². The van der Waals surface area contributed by atoms with E-state index in [0.717, 1.165) is 28.0 Å². The second-order valence-electron chi connectivity index (χ2n) is 12.8. The average Bonchev–Trinajstić information content (AvgIpc) is 3.77. The molecule has 5 atom stereocenters. The van der Waals surface area contributed by atoms with E-state index < -0.39 is 30.1 Å². The molecule has 1 saturated carbocycles. The predicted octanol–water partition coefficient (Wildman–Crippen LogP) is 6.88. The number of hydrogen-bond donors (Lipinski definition) is 1. The highest BCUT2D eigenvalue weighted by molar-refractivity contribution is 5.83. The third-order valence-corrected chi connectivity index (χ3v) is 9.45. The van der Waals surface area contributed by atoms with Gasteiger partial charge in [0, 0.05) is 29.6 Å². The van der Waals surface area contributed by atoms with Crippen LogP contribution in [0, 0.1) is 6.92 Å². The summed E-state index contributed by atoms with van der Waals surface area (Å²) in [6.45, 7) is 6.12. The van der Waals surface area contributed by atoms with Gasteiger partial charge in [0.1, 0.15) is 53.2 Å². The van der Waals surface area contributed by atoms with Crippen molar-refractivity contribution in [2.75, 3.05) is 12.4 Å². The Morgan fingerprint density at radius 3 is 2.64 bits per heavy atom. The Morgan fingerprint density at radius 2 is 1.85 bits per heavy atom. The number of anilines is 1. The van der Waals surface area contributed by atoms with Crippen LogP contribution in [-0.2, 0) is 20.8 Å². The van der Waals surface area contributed by atoms with Crippen LogP contribution < -0.4 is 14.8 Å². The number of pyridine rings is 1. The summed E-state index contributed by atoms with van der Waals surface area (Å²) >= 11 is 0. The van der Waals surface area contributed by atoms with Crippen LogP contribution >= 0.6 is 0 Å². The monoisotopic (exact) mass is 643 g/mol. The zero-order valence-electron chi connectivity index (χ0n) is 26.4. The molecular formula is C35H35F2N5O5. The Morgan fingerprint density at radius 1 is 1.04 bits per heavy atom. The lowest BCUT2D eigenvalue weighted by Gasteiger charge is -2.29. The summed E-state index contributed by atoms with van der Waals surface area (Å²) in [5.41, 5.74) is 2.23. The lowest BCUT2D eigenvalue weighted by Crippen LogP contribution is -2.46. The molecule has 3 aromatic heterocycles. The van der Waals surface area contributed by atoms with E-state index in [4.69, 9.17) is 23.7 Å². The van der Waals surface area contributed by atoms with Crippen molar-refractivity contribution in [1.82, 2.24) is 19.5 Å². The molecule has 8 rings (SSSR count). The van der Waals surface area contributed by atoms with Gasteiger partial charge in [-0.1, -0.05) is 12.1 Å². The van der Waals surface area contributed by atoms with Crippen molar-refractivity contribution >= 4 is 27.8 Å². The molecule has 1 spiro atoms. The number of alkyl halides is 2. The maximum absolute atomic E-state index is 14.1. The van der Waals surface area contributed by atoms with Gasteiger partial charge in [0.2, 0.25) is 0 Å². The van der Waals surface area contributed by atoms with Gasteiger partial charge < -0.3 is 33.6 Å². The summed E-state index contributed by atoms with van der Waals surface area (Å²) in [6, 6.07) is 16.2. The molecule has 12 heteroatoms. The summed E-state index contributed by atoms with van der Waals surface area (Å²) in [5, 5.41) is 4.64. The summed E-state index contributed by atoms with van der Waals surface area (Å²) in [6.07, 6.45) is 0.558. The van der Waals surface area contributed by atoms with Gasteiger partial charge in [0.15, 0.2) is 12.0 Å². The second-order valence-corrected chi connectivity index (χ2v) is 12.8. The molecule has 1 N–H and O–H groups in total. The number of aromatic nitrogens is 4. The topological polar surface area (TPSA) is 102 Å². The highest BCUT2D eigenvalue weighted by Crippen LogP contribution is 2.57. The van der Waals surface area contributed by atoms with E-state index >= 15 is 0 Å². The van der Waals surface area contributed by atoms with Gasteiger partial charge in [-0.15, -0.1) is 0 Å². The minimum atomic E-state index is -2.69. The minimum Gasteiger partial charge on any atom is -0.497 e. The number of fused-ring (bicyclic) bond motifs is 2. The maximum Gasteiger partial charge on any atom is 0.267 e. The Balaban J connectivity index is 1.07. The lowest BCUT2D eigenvalue weighted by molar-refractivity contribution is -0.213. The first-order valence-electron chi connectivity index (χ1n) is 15.7. The molecule has 0 bridgehead atoms. The quantitative estimate of drug-likeness (QED) is 0.194. The zero-order valence-corrected chi connectivity index (χ0v) is 26.4. The molecule has 2 aliphatic heterocycles. The van der Waals surface area contributed by atoms with Gasteiger partial charge in [-0.3, -0.25) is 0 Å². The summed E-state index contributed by atoms with van der Waals surface area (Å²) < 4.78 is 61.9. The Hall–Kier alpha value is -4.39. The number of aryl methyl sites for hydroxylation is 1. The Bertz CT molecular complexity index is 1970. The first kappa shape index (κ1) is 30.0. The van der Waals surface area contributed by atoms with Gasteiger partial charge in [-0.2, -0.15) is 0 Å². The number of nitrogens with one attached hydrogen (secondary N) is 1. The van der Waals surface area contributed by atoms with Gasteiger partial charge >= 0.3 is 0 Å². The van der Waals surface area contributed by atoms with E-state index in [1.165, 1.54) is 6.07 Å². The van der Waals surface area contributed by atoms with E-state index in [-0.39, 0.29) is 23.6 Å². The van der Waals surface area contributed by atoms with Crippen LogP contribution in [0.3, 0.4) is 0 Å². The van der Waals surface area contributed by atoms with Crippen LogP contribution in [0.15, 0.2) is 67.1 Å². The molecule has 2 saturated heterocycles. The van der Waals surface area contributed by atoms with E-state index in [9.17, 15) is 8.78 Å². The van der Waals surface area contributed by atoms with Gasteiger partial charge in [-0.05, 0) is 75.6 Å². The summed E-state index contributed by atoms with van der Waals surface area (Å²) in [4.78, 5) is 13.5. The molecule has 0 unspecified atom stereocenters. The number of rotatable bonds is 8. The fourth-order valence-corrected chi connectivity index (χ4v) is 7.34. The maximum atomic E-state index is 14.1. The van der Waals surface area contributed by atoms with Gasteiger partial charge in [0.05, 0.1) is 23.9 Å². The number of hydrogen-bond acceptors (Lipinski definition) is 9. The van der Waals surface area contributed by atoms with Crippen LogP contribution in [0.2, 0.25) is 0 Å². The predicted molar refractivity (Wildman–Crippen MR) is 170 cm³/mol. The molecule has 3 fully saturated rings. The molecule has 3 aliphatic rings. The van der Waals surface area contributed by atoms with E-state index in [1.807, 2.05) is 61.9 Å². The van der Waals surface area contributed by atoms with Gasteiger partial charge in [-0.25, -0.2) is 23.7 Å². The third kappa shape index (κ3) is 5.06. The molecule has 47 heavy (non-hydrogen) atoms. The van der Waals surface area contributed by atoms with Crippen LogP contribution in [0.25, 0.3) is 21.9 Å². The molecule has 5 heterocycles. The lowest BCUT2D eigenvalue weighted by atomic mass is 9.94. The Kier molecular flexibility index (Phi) is 7.08. The summed E-state index contributed by atoms with van der Waals surface area (Å²) in [5.74, 6) is 0.605. The van der Waals surface area contributed by atoms with Crippen molar-refractivity contribution in [3.05, 3.63) is 83.9 Å². The summed E-state index contributed by atoms with van der Waals surface area (Å²) in [7, 11) is 1.59. The van der Waals surface area contributed by atoms with E-state index in [1.54, 1.807) is 31.6 Å². The zero-order chi connectivity index (χ0) is 32.5. The molecule has 10 nitrogen and oxygen atoms in total. The SMILES string of the molecule is COc1ccc(CNc2nc3cc(O[C@H]4CC[C@]56OC(C)(C)O[C@H]5[C@H](n5ccc7c(C)ncnc75)O[C@H]46)ccc3cc2C(F)F)cc1. The number of halogens is 2. The van der Waals surface area contributed by atoms with Crippen molar-refractivity contribution in [3.63, 3.8) is 0 Å². The molecule has 244 valence electrons. The van der Waals surface area contributed by atoms with Crippen molar-refractivity contribution in [2.45, 2.75) is 82.5 Å². The Labute approximate surface area is 270 Å². The number of ether oxygens (including phenoxy) is 5. The molecule has 0 radical (unpaired) electrons. The van der Waals surface area contributed by atoms with Crippen LogP contribution in [0.1, 0.15) is 56.2 Å². The first-order chi connectivity index (χ1) is 22.6. The average molecular weight is 644 g/mol. The highest BCUT2D eigenvalue weighted by atomic mass is 19.3. The second kappa shape index (κ2) is 11.1. The fraction of sp³-hybridized carbons (Fsp3) is 0.400. The smallest absolute Gasteiger partial charge is 0.267 e. The molecule has 1 aliphatic carbocycles. The fourth-order valence-electron chi connectivity index (χ4n) is 7.34. The minimum absolute atomic E-state index is 0.127. The highest BCUT2D eigenvalue weighted by Gasteiger charge is 2.71.